The minimum absolute atomic E-state index is 0.0588. The molecule has 1 N–H and O–H groups in total. The summed E-state index contributed by atoms with van der Waals surface area (Å²) in [6, 6.07) is 2.73. The lowest BCUT2D eigenvalue weighted by atomic mass is 9.98. The van der Waals surface area contributed by atoms with Gasteiger partial charge in [-0.25, -0.2) is 0 Å². The molecule has 1 aliphatic rings. The molecule has 20 heavy (non-hydrogen) atoms. The quantitative estimate of drug-likeness (QED) is 0.912. The molecular formula is C15H21N3O2. The minimum atomic E-state index is -0.504. The zero-order chi connectivity index (χ0) is 14.9. The van der Waals surface area contributed by atoms with Crippen molar-refractivity contribution >= 4 is 17.5 Å². The van der Waals surface area contributed by atoms with E-state index in [0.717, 1.165) is 5.69 Å². The Bertz CT molecular complexity index is 510. The predicted octanol–water partition coefficient (Wildman–Crippen LogP) is 1.66. The first-order valence-corrected chi connectivity index (χ1v) is 6.96. The molecule has 2 atom stereocenters. The van der Waals surface area contributed by atoms with E-state index in [2.05, 4.69) is 10.3 Å². The molecule has 5 nitrogen and oxygen atoms in total. The SMILES string of the molecule is Cc1ccc(N2C(=O)C(CC(C)C)NC(=O)C2C)cn1. The van der Waals surface area contributed by atoms with Crippen molar-refractivity contribution in [3.63, 3.8) is 0 Å². The summed E-state index contributed by atoms with van der Waals surface area (Å²) in [5.74, 6) is 0.169. The van der Waals surface area contributed by atoms with Gasteiger partial charge in [0.2, 0.25) is 11.8 Å². The third kappa shape index (κ3) is 2.81. The van der Waals surface area contributed by atoms with Crippen molar-refractivity contribution in [3.05, 3.63) is 24.0 Å². The van der Waals surface area contributed by atoms with Gasteiger partial charge in [0.25, 0.3) is 0 Å². The summed E-state index contributed by atoms with van der Waals surface area (Å²) >= 11 is 0. The number of carbonyl (C=O) groups excluding carboxylic acids is 2. The number of rotatable bonds is 3. The molecule has 0 aromatic carbocycles. The number of nitrogens with one attached hydrogen (secondary N) is 1. The van der Waals surface area contributed by atoms with Crippen LogP contribution in [0.15, 0.2) is 18.3 Å². The lowest BCUT2D eigenvalue weighted by Gasteiger charge is -2.37. The Labute approximate surface area is 119 Å². The van der Waals surface area contributed by atoms with Gasteiger partial charge in [0.05, 0.1) is 11.9 Å². The summed E-state index contributed by atoms with van der Waals surface area (Å²) in [6.07, 6.45) is 2.29. The maximum Gasteiger partial charge on any atom is 0.250 e. The number of amides is 2. The zero-order valence-electron chi connectivity index (χ0n) is 12.4. The van der Waals surface area contributed by atoms with Crippen molar-refractivity contribution in [2.24, 2.45) is 5.92 Å². The van der Waals surface area contributed by atoms with Crippen LogP contribution in [0.3, 0.4) is 0 Å². The summed E-state index contributed by atoms with van der Waals surface area (Å²) in [5.41, 5.74) is 1.56. The fraction of sp³-hybridized carbons (Fsp3) is 0.533. The van der Waals surface area contributed by atoms with Crippen molar-refractivity contribution < 1.29 is 9.59 Å². The summed E-state index contributed by atoms with van der Waals surface area (Å²) in [4.78, 5) is 30.4. The highest BCUT2D eigenvalue weighted by Crippen LogP contribution is 2.22. The molecule has 0 aliphatic carbocycles. The maximum absolute atomic E-state index is 12.6. The molecule has 2 rings (SSSR count). The number of aryl methyl sites for hydroxylation is 1. The summed E-state index contributed by atoms with van der Waals surface area (Å²) in [7, 11) is 0. The van der Waals surface area contributed by atoms with Crippen molar-refractivity contribution in [2.75, 3.05) is 4.90 Å². The van der Waals surface area contributed by atoms with E-state index in [1.165, 1.54) is 0 Å². The van der Waals surface area contributed by atoms with Crippen LogP contribution in [0, 0.1) is 12.8 Å². The van der Waals surface area contributed by atoms with Crippen LogP contribution in [-0.4, -0.2) is 28.9 Å². The van der Waals surface area contributed by atoms with Crippen LogP contribution in [0.5, 0.6) is 0 Å². The normalized spacial score (nSPS) is 23.1. The van der Waals surface area contributed by atoms with Gasteiger partial charge in [0.15, 0.2) is 0 Å². The molecule has 1 aromatic rings. The smallest absolute Gasteiger partial charge is 0.250 e. The van der Waals surface area contributed by atoms with Crippen LogP contribution in [0.1, 0.15) is 32.9 Å². The van der Waals surface area contributed by atoms with E-state index < -0.39 is 12.1 Å². The number of nitrogens with zero attached hydrogens (tertiary/aromatic N) is 2. The lowest BCUT2D eigenvalue weighted by Crippen LogP contribution is -2.63. The number of piperazine rings is 1. The monoisotopic (exact) mass is 275 g/mol. The Balaban J connectivity index is 2.30. The molecule has 2 unspecified atom stereocenters. The zero-order valence-corrected chi connectivity index (χ0v) is 12.4. The topological polar surface area (TPSA) is 62.3 Å². The van der Waals surface area contributed by atoms with Gasteiger partial charge in [-0.15, -0.1) is 0 Å². The Hall–Kier alpha value is -1.91. The van der Waals surface area contributed by atoms with Gasteiger partial charge in [0, 0.05) is 5.69 Å². The first-order chi connectivity index (χ1) is 9.40. The van der Waals surface area contributed by atoms with Crippen molar-refractivity contribution in [2.45, 2.75) is 46.2 Å². The van der Waals surface area contributed by atoms with Crippen LogP contribution >= 0.6 is 0 Å². The van der Waals surface area contributed by atoms with Gasteiger partial charge in [-0.1, -0.05) is 13.8 Å². The summed E-state index contributed by atoms with van der Waals surface area (Å²) in [6.45, 7) is 7.70. The number of pyridine rings is 1. The Morgan fingerprint density at radius 2 is 2.05 bits per heavy atom. The van der Waals surface area contributed by atoms with Crippen LogP contribution in [0.25, 0.3) is 0 Å². The first kappa shape index (κ1) is 14.5. The molecule has 1 aliphatic heterocycles. The predicted molar refractivity (Wildman–Crippen MR) is 77.3 cm³/mol. The maximum atomic E-state index is 12.6. The second kappa shape index (κ2) is 5.61. The highest BCUT2D eigenvalue weighted by Gasteiger charge is 2.39. The standard InChI is InChI=1S/C15H21N3O2/c1-9(2)7-13-15(20)18(11(4)14(19)17-13)12-6-5-10(3)16-8-12/h5-6,8-9,11,13H,7H2,1-4H3,(H,17,19). The van der Waals surface area contributed by atoms with Gasteiger partial charge < -0.3 is 5.32 Å². The number of hydrogen-bond acceptors (Lipinski definition) is 3. The number of aromatic nitrogens is 1. The molecule has 0 saturated carbocycles. The number of anilines is 1. The number of hydrogen-bond donors (Lipinski definition) is 1. The molecule has 0 radical (unpaired) electrons. The average Bonchev–Trinajstić information content (AvgIpc) is 2.38. The van der Waals surface area contributed by atoms with Crippen LogP contribution in [0.4, 0.5) is 5.69 Å². The van der Waals surface area contributed by atoms with Gasteiger partial charge in [-0.05, 0) is 38.3 Å². The molecule has 2 amide bonds. The van der Waals surface area contributed by atoms with E-state index in [9.17, 15) is 9.59 Å². The molecule has 2 heterocycles. The lowest BCUT2D eigenvalue weighted by molar-refractivity contribution is -0.133. The van der Waals surface area contributed by atoms with Crippen molar-refractivity contribution in [1.29, 1.82) is 0 Å². The average molecular weight is 275 g/mol. The van der Waals surface area contributed by atoms with E-state index in [1.807, 2.05) is 32.9 Å². The molecular weight excluding hydrogens is 254 g/mol. The van der Waals surface area contributed by atoms with E-state index in [1.54, 1.807) is 18.0 Å². The fourth-order valence-corrected chi connectivity index (χ4v) is 2.41. The fourth-order valence-electron chi connectivity index (χ4n) is 2.41. The molecule has 1 aromatic heterocycles. The van der Waals surface area contributed by atoms with Gasteiger partial charge >= 0.3 is 0 Å². The van der Waals surface area contributed by atoms with Crippen molar-refractivity contribution in [1.82, 2.24) is 10.3 Å². The second-order valence-electron chi connectivity index (χ2n) is 5.73. The number of carbonyl (C=O) groups is 2. The van der Waals surface area contributed by atoms with E-state index >= 15 is 0 Å². The first-order valence-electron chi connectivity index (χ1n) is 6.96. The summed E-state index contributed by atoms with van der Waals surface area (Å²) < 4.78 is 0. The third-order valence-corrected chi connectivity index (χ3v) is 3.50. The molecule has 5 heteroatoms. The Morgan fingerprint density at radius 1 is 1.35 bits per heavy atom. The third-order valence-electron chi connectivity index (χ3n) is 3.50. The van der Waals surface area contributed by atoms with Gasteiger partial charge in [-0.2, -0.15) is 0 Å². The Kier molecular flexibility index (Phi) is 4.06. The highest BCUT2D eigenvalue weighted by atomic mass is 16.2. The molecule has 0 spiro atoms. The molecule has 1 fully saturated rings. The largest absolute Gasteiger partial charge is 0.342 e. The van der Waals surface area contributed by atoms with Crippen molar-refractivity contribution in [3.8, 4) is 0 Å². The Morgan fingerprint density at radius 3 is 2.60 bits per heavy atom. The van der Waals surface area contributed by atoms with Crippen LogP contribution in [0.2, 0.25) is 0 Å². The molecule has 1 saturated heterocycles. The molecule has 0 bridgehead atoms. The van der Waals surface area contributed by atoms with Crippen LogP contribution < -0.4 is 10.2 Å². The van der Waals surface area contributed by atoms with E-state index in [0.29, 0.717) is 18.0 Å². The second-order valence-corrected chi connectivity index (χ2v) is 5.73. The van der Waals surface area contributed by atoms with E-state index in [-0.39, 0.29) is 11.8 Å². The summed E-state index contributed by atoms with van der Waals surface area (Å²) in [5, 5.41) is 2.81. The van der Waals surface area contributed by atoms with Gasteiger partial charge in [0.1, 0.15) is 12.1 Å². The van der Waals surface area contributed by atoms with E-state index in [4.69, 9.17) is 0 Å². The molecule has 108 valence electrons. The highest BCUT2D eigenvalue weighted by molar-refractivity contribution is 6.08. The van der Waals surface area contributed by atoms with Crippen LogP contribution in [-0.2, 0) is 9.59 Å². The minimum Gasteiger partial charge on any atom is -0.342 e. The van der Waals surface area contributed by atoms with Gasteiger partial charge in [-0.3, -0.25) is 19.5 Å².